The molecular formula is C23H19ClN4O3S. The predicted octanol–water partition coefficient (Wildman–Crippen LogP) is 3.57. The van der Waals surface area contributed by atoms with E-state index in [1.165, 1.54) is 12.1 Å². The Balaban J connectivity index is 1.56. The molecule has 2 aromatic heterocycles. The maximum Gasteiger partial charge on any atom is 0.252 e. The van der Waals surface area contributed by atoms with Crippen LogP contribution in [0.2, 0.25) is 5.02 Å². The molecule has 2 aromatic carbocycles. The Labute approximate surface area is 190 Å². The fraction of sp³-hybridized carbons (Fsp3) is 0.0870. The quantitative estimate of drug-likeness (QED) is 0.450. The Morgan fingerprint density at radius 2 is 1.84 bits per heavy atom. The maximum absolute atomic E-state index is 13.0. The number of halogens is 1. The van der Waals surface area contributed by atoms with E-state index in [-0.39, 0.29) is 10.8 Å². The number of pyridine rings is 2. The summed E-state index contributed by atoms with van der Waals surface area (Å²) < 4.78 is 22.7. The molecule has 162 valence electrons. The first-order valence-corrected chi connectivity index (χ1v) is 11.6. The number of carbonyl (C=O) groups is 1. The average molecular weight is 467 g/mol. The van der Waals surface area contributed by atoms with Gasteiger partial charge in [-0.3, -0.25) is 9.78 Å². The van der Waals surface area contributed by atoms with Crippen LogP contribution < -0.4 is 10.5 Å². The minimum atomic E-state index is -3.73. The number of carbonyl (C=O) groups excluding carboxylic acids is 1. The van der Waals surface area contributed by atoms with Gasteiger partial charge in [0.15, 0.2) is 0 Å². The number of aromatic nitrogens is 2. The second-order valence-electron chi connectivity index (χ2n) is 7.15. The normalized spacial score (nSPS) is 11.4. The number of hydrogen-bond donors (Lipinski definition) is 2. The summed E-state index contributed by atoms with van der Waals surface area (Å²) in [6, 6.07) is 16.9. The molecule has 9 heteroatoms. The highest BCUT2D eigenvalue weighted by Crippen LogP contribution is 2.26. The molecule has 0 fully saturated rings. The van der Waals surface area contributed by atoms with Gasteiger partial charge in [0, 0.05) is 34.9 Å². The third-order valence-electron chi connectivity index (χ3n) is 4.92. The molecular weight excluding hydrogens is 448 g/mol. The number of rotatable bonds is 6. The van der Waals surface area contributed by atoms with E-state index in [4.69, 9.17) is 16.7 Å². The van der Waals surface area contributed by atoms with E-state index in [0.717, 1.165) is 11.1 Å². The molecule has 0 aliphatic carbocycles. The van der Waals surface area contributed by atoms with E-state index in [1.807, 2.05) is 12.1 Å². The standard InChI is InChI=1S/C23H19ClN4O3S/c24-17-5-8-21-19(12-17)20(13-22(28-21)16-2-1-10-26-14-16)23(29)27-11-9-15-3-6-18(7-4-15)32(25,30)31/h1-8,10,12-14H,9,11H2,(H,27,29)(H2,25,30,31). The van der Waals surface area contributed by atoms with Gasteiger partial charge in [-0.05, 0) is 60.5 Å². The van der Waals surface area contributed by atoms with Crippen molar-refractivity contribution in [3.05, 3.63) is 89.2 Å². The topological polar surface area (TPSA) is 115 Å². The van der Waals surface area contributed by atoms with E-state index in [1.54, 1.807) is 48.8 Å². The summed E-state index contributed by atoms with van der Waals surface area (Å²) in [7, 11) is -3.73. The van der Waals surface area contributed by atoms with Gasteiger partial charge in [0.25, 0.3) is 5.91 Å². The van der Waals surface area contributed by atoms with Gasteiger partial charge in [-0.1, -0.05) is 23.7 Å². The fourth-order valence-electron chi connectivity index (χ4n) is 3.31. The number of nitrogens with two attached hydrogens (primary N) is 1. The summed E-state index contributed by atoms with van der Waals surface area (Å²) in [6.45, 7) is 0.361. The third kappa shape index (κ3) is 4.94. The van der Waals surface area contributed by atoms with Crippen molar-refractivity contribution >= 4 is 38.4 Å². The Morgan fingerprint density at radius 3 is 2.53 bits per heavy atom. The second-order valence-corrected chi connectivity index (χ2v) is 9.15. The van der Waals surface area contributed by atoms with Crippen LogP contribution in [0, 0.1) is 0 Å². The molecule has 1 amide bonds. The molecule has 0 spiro atoms. The van der Waals surface area contributed by atoms with Gasteiger partial charge in [0.05, 0.1) is 21.7 Å². The Kier molecular flexibility index (Phi) is 6.18. The molecule has 0 bridgehead atoms. The molecule has 32 heavy (non-hydrogen) atoms. The molecule has 3 N–H and O–H groups in total. The zero-order chi connectivity index (χ0) is 22.7. The number of nitrogens with one attached hydrogen (secondary N) is 1. The molecule has 0 radical (unpaired) electrons. The summed E-state index contributed by atoms with van der Waals surface area (Å²) in [5.74, 6) is -0.258. The zero-order valence-corrected chi connectivity index (χ0v) is 18.4. The monoisotopic (exact) mass is 466 g/mol. The lowest BCUT2D eigenvalue weighted by molar-refractivity contribution is 0.0955. The molecule has 0 saturated heterocycles. The van der Waals surface area contributed by atoms with Crippen LogP contribution in [-0.4, -0.2) is 30.8 Å². The van der Waals surface area contributed by atoms with Gasteiger partial charge in [-0.15, -0.1) is 0 Å². The van der Waals surface area contributed by atoms with Gasteiger partial charge in [0.1, 0.15) is 0 Å². The van der Waals surface area contributed by atoms with Gasteiger partial charge in [-0.25, -0.2) is 18.5 Å². The summed E-state index contributed by atoms with van der Waals surface area (Å²) in [4.78, 5) is 21.9. The van der Waals surface area contributed by atoms with Crippen molar-refractivity contribution in [3.8, 4) is 11.3 Å². The largest absolute Gasteiger partial charge is 0.352 e. The van der Waals surface area contributed by atoms with Crippen molar-refractivity contribution in [3.63, 3.8) is 0 Å². The average Bonchev–Trinajstić information content (AvgIpc) is 2.78. The Bertz CT molecular complexity index is 1390. The van der Waals surface area contributed by atoms with Crippen molar-refractivity contribution in [2.24, 2.45) is 5.14 Å². The van der Waals surface area contributed by atoms with E-state index in [9.17, 15) is 13.2 Å². The minimum absolute atomic E-state index is 0.0494. The first kappa shape index (κ1) is 21.9. The summed E-state index contributed by atoms with van der Waals surface area (Å²) in [5, 5.41) is 9.20. The number of sulfonamides is 1. The maximum atomic E-state index is 13.0. The number of benzene rings is 2. The lowest BCUT2D eigenvalue weighted by Gasteiger charge is -2.11. The van der Waals surface area contributed by atoms with Crippen LogP contribution in [0.15, 0.2) is 78.0 Å². The van der Waals surface area contributed by atoms with E-state index in [0.29, 0.717) is 40.1 Å². The molecule has 4 aromatic rings. The van der Waals surface area contributed by atoms with Crippen LogP contribution in [-0.2, 0) is 16.4 Å². The second kappa shape index (κ2) is 9.04. The third-order valence-corrected chi connectivity index (χ3v) is 6.09. The molecule has 0 aliphatic heterocycles. The van der Waals surface area contributed by atoms with Crippen molar-refractivity contribution in [1.82, 2.24) is 15.3 Å². The van der Waals surface area contributed by atoms with Gasteiger partial charge in [-0.2, -0.15) is 0 Å². The number of hydrogen-bond acceptors (Lipinski definition) is 5. The summed E-state index contributed by atoms with van der Waals surface area (Å²) in [5.41, 5.74) is 3.42. The number of primary sulfonamides is 1. The van der Waals surface area contributed by atoms with Crippen molar-refractivity contribution in [2.75, 3.05) is 6.54 Å². The number of fused-ring (bicyclic) bond motifs is 1. The zero-order valence-electron chi connectivity index (χ0n) is 16.8. The van der Waals surface area contributed by atoms with E-state index >= 15 is 0 Å². The van der Waals surface area contributed by atoms with Crippen LogP contribution in [0.5, 0.6) is 0 Å². The highest BCUT2D eigenvalue weighted by Gasteiger charge is 2.15. The van der Waals surface area contributed by atoms with Crippen LogP contribution in [0.3, 0.4) is 0 Å². The lowest BCUT2D eigenvalue weighted by atomic mass is 10.0. The van der Waals surface area contributed by atoms with Crippen molar-refractivity contribution < 1.29 is 13.2 Å². The van der Waals surface area contributed by atoms with E-state index in [2.05, 4.69) is 15.3 Å². The smallest absolute Gasteiger partial charge is 0.252 e. The first-order chi connectivity index (χ1) is 15.3. The predicted molar refractivity (Wildman–Crippen MR) is 124 cm³/mol. The minimum Gasteiger partial charge on any atom is -0.352 e. The highest BCUT2D eigenvalue weighted by atomic mass is 35.5. The molecule has 0 unspecified atom stereocenters. The molecule has 4 rings (SSSR count). The van der Waals surface area contributed by atoms with Crippen LogP contribution in [0.25, 0.3) is 22.2 Å². The van der Waals surface area contributed by atoms with Gasteiger partial charge >= 0.3 is 0 Å². The van der Waals surface area contributed by atoms with E-state index < -0.39 is 10.0 Å². The molecule has 0 aliphatic rings. The highest BCUT2D eigenvalue weighted by molar-refractivity contribution is 7.89. The van der Waals surface area contributed by atoms with Crippen molar-refractivity contribution in [2.45, 2.75) is 11.3 Å². The molecule has 7 nitrogen and oxygen atoms in total. The van der Waals surface area contributed by atoms with Crippen LogP contribution in [0.1, 0.15) is 15.9 Å². The number of nitrogens with zero attached hydrogens (tertiary/aromatic N) is 2. The Hall–Kier alpha value is -3.33. The SMILES string of the molecule is NS(=O)(=O)c1ccc(CCNC(=O)c2cc(-c3cccnc3)nc3ccc(Cl)cc23)cc1. The molecule has 0 atom stereocenters. The molecule has 0 saturated carbocycles. The first-order valence-electron chi connectivity index (χ1n) is 9.72. The molecule has 2 heterocycles. The van der Waals surface area contributed by atoms with Crippen LogP contribution in [0.4, 0.5) is 0 Å². The lowest BCUT2D eigenvalue weighted by Crippen LogP contribution is -2.26. The van der Waals surface area contributed by atoms with Gasteiger partial charge < -0.3 is 5.32 Å². The summed E-state index contributed by atoms with van der Waals surface area (Å²) >= 11 is 6.16. The summed E-state index contributed by atoms with van der Waals surface area (Å²) in [6.07, 6.45) is 3.89. The number of amides is 1. The van der Waals surface area contributed by atoms with Gasteiger partial charge in [0.2, 0.25) is 10.0 Å². The van der Waals surface area contributed by atoms with Crippen LogP contribution >= 0.6 is 11.6 Å². The Morgan fingerprint density at radius 1 is 1.06 bits per heavy atom. The van der Waals surface area contributed by atoms with Crippen molar-refractivity contribution in [1.29, 1.82) is 0 Å². The fourth-order valence-corrected chi connectivity index (χ4v) is 4.00.